The number of aryl methyl sites for hydroxylation is 2. The van der Waals surface area contributed by atoms with E-state index in [0.29, 0.717) is 49.7 Å². The van der Waals surface area contributed by atoms with E-state index < -0.39 is 6.16 Å². The fourth-order valence-corrected chi connectivity index (χ4v) is 3.50. The maximum atomic E-state index is 12.9. The summed E-state index contributed by atoms with van der Waals surface area (Å²) in [6.45, 7) is 7.94. The van der Waals surface area contributed by atoms with Gasteiger partial charge in [-0.1, -0.05) is 6.07 Å². The summed E-state index contributed by atoms with van der Waals surface area (Å²) in [5.41, 5.74) is 2.78. The molecule has 0 atom stereocenters. The lowest BCUT2D eigenvalue weighted by atomic mass is 10.1. The Balaban J connectivity index is 1.51. The highest BCUT2D eigenvalue weighted by atomic mass is 16.7. The largest absolute Gasteiger partial charge is 0.513 e. The molecule has 0 spiro atoms. The van der Waals surface area contributed by atoms with Crippen LogP contribution in [0.3, 0.4) is 0 Å². The standard InChI is InChI=1S/C25H30N2O6/c1-4-31-25(30)33-21-10-7-20(8-11-21)24(29)27-13-5-12-26(14-15-27)23(28)17-32-22-9-6-18(2)19(3)16-22/h6-11,16H,4-5,12-15,17H2,1-3H3. The Hall–Kier alpha value is -3.55. The van der Waals surface area contributed by atoms with Gasteiger partial charge in [0, 0.05) is 31.7 Å². The van der Waals surface area contributed by atoms with Crippen LogP contribution in [-0.4, -0.2) is 67.2 Å². The zero-order chi connectivity index (χ0) is 23.8. The van der Waals surface area contributed by atoms with Gasteiger partial charge in [0.05, 0.1) is 6.61 Å². The summed E-state index contributed by atoms with van der Waals surface area (Å²) in [6, 6.07) is 12.1. The molecule has 0 radical (unpaired) electrons. The minimum atomic E-state index is -0.782. The molecule has 2 aromatic rings. The first kappa shape index (κ1) is 24.1. The van der Waals surface area contributed by atoms with Crippen LogP contribution in [-0.2, 0) is 9.53 Å². The molecule has 0 unspecified atom stereocenters. The van der Waals surface area contributed by atoms with E-state index in [9.17, 15) is 14.4 Å². The van der Waals surface area contributed by atoms with Crippen molar-refractivity contribution in [2.45, 2.75) is 27.2 Å². The van der Waals surface area contributed by atoms with Gasteiger partial charge in [0.1, 0.15) is 11.5 Å². The Morgan fingerprint density at radius 3 is 2.21 bits per heavy atom. The highest BCUT2D eigenvalue weighted by Gasteiger charge is 2.23. The van der Waals surface area contributed by atoms with Gasteiger partial charge in [-0.05, 0) is 74.7 Å². The molecular formula is C25H30N2O6. The molecule has 2 amide bonds. The molecule has 1 saturated heterocycles. The third kappa shape index (κ3) is 6.71. The molecule has 1 aliphatic rings. The maximum absolute atomic E-state index is 12.9. The Labute approximate surface area is 194 Å². The van der Waals surface area contributed by atoms with E-state index in [0.717, 1.165) is 5.56 Å². The number of ether oxygens (including phenoxy) is 3. The summed E-state index contributed by atoms with van der Waals surface area (Å²) >= 11 is 0. The van der Waals surface area contributed by atoms with Gasteiger partial charge in [-0.3, -0.25) is 9.59 Å². The fraction of sp³-hybridized carbons (Fsp3) is 0.400. The minimum absolute atomic E-state index is 0.0294. The van der Waals surface area contributed by atoms with Crippen LogP contribution in [0.15, 0.2) is 42.5 Å². The third-order valence-corrected chi connectivity index (χ3v) is 5.54. The molecule has 1 aliphatic heterocycles. The summed E-state index contributed by atoms with van der Waals surface area (Å²) in [5.74, 6) is 0.760. The molecule has 2 aromatic carbocycles. The Kier molecular flexibility index (Phi) is 8.29. The lowest BCUT2D eigenvalue weighted by Crippen LogP contribution is -2.39. The maximum Gasteiger partial charge on any atom is 0.513 e. The van der Waals surface area contributed by atoms with Gasteiger partial charge in [0.15, 0.2) is 6.61 Å². The van der Waals surface area contributed by atoms with Crippen molar-refractivity contribution in [1.82, 2.24) is 9.80 Å². The molecule has 0 aromatic heterocycles. The molecule has 8 nitrogen and oxygen atoms in total. The molecule has 33 heavy (non-hydrogen) atoms. The van der Waals surface area contributed by atoms with E-state index in [4.69, 9.17) is 14.2 Å². The molecule has 176 valence electrons. The van der Waals surface area contributed by atoms with E-state index in [1.54, 1.807) is 41.0 Å². The molecule has 1 heterocycles. The average Bonchev–Trinajstić information content (AvgIpc) is 3.06. The van der Waals surface area contributed by atoms with Crippen LogP contribution < -0.4 is 9.47 Å². The van der Waals surface area contributed by atoms with Crippen molar-refractivity contribution in [2.75, 3.05) is 39.4 Å². The number of benzene rings is 2. The lowest BCUT2D eigenvalue weighted by molar-refractivity contribution is -0.133. The van der Waals surface area contributed by atoms with E-state index in [-0.39, 0.29) is 25.0 Å². The van der Waals surface area contributed by atoms with Gasteiger partial charge in [-0.2, -0.15) is 0 Å². The molecule has 0 saturated carbocycles. The van der Waals surface area contributed by atoms with Crippen molar-refractivity contribution in [3.8, 4) is 11.5 Å². The first-order chi connectivity index (χ1) is 15.9. The van der Waals surface area contributed by atoms with Crippen molar-refractivity contribution in [2.24, 2.45) is 0 Å². The van der Waals surface area contributed by atoms with E-state index >= 15 is 0 Å². The van der Waals surface area contributed by atoms with E-state index in [1.165, 1.54) is 5.56 Å². The topological polar surface area (TPSA) is 85.4 Å². The number of rotatable bonds is 6. The van der Waals surface area contributed by atoms with Gasteiger partial charge in [-0.15, -0.1) is 0 Å². The second-order valence-corrected chi connectivity index (χ2v) is 7.87. The minimum Gasteiger partial charge on any atom is -0.484 e. The van der Waals surface area contributed by atoms with Gasteiger partial charge in [-0.25, -0.2) is 4.79 Å². The molecular weight excluding hydrogens is 424 g/mol. The van der Waals surface area contributed by atoms with Crippen molar-refractivity contribution in [3.63, 3.8) is 0 Å². The van der Waals surface area contributed by atoms with Gasteiger partial charge in [0.2, 0.25) is 0 Å². The normalized spacial score (nSPS) is 13.8. The first-order valence-corrected chi connectivity index (χ1v) is 11.1. The summed E-state index contributed by atoms with van der Waals surface area (Å²) in [4.78, 5) is 40.4. The van der Waals surface area contributed by atoms with Gasteiger partial charge >= 0.3 is 6.16 Å². The molecule has 8 heteroatoms. The van der Waals surface area contributed by atoms with Crippen LogP contribution in [0.2, 0.25) is 0 Å². The van der Waals surface area contributed by atoms with Crippen LogP contribution >= 0.6 is 0 Å². The van der Waals surface area contributed by atoms with Crippen LogP contribution in [0.4, 0.5) is 4.79 Å². The highest BCUT2D eigenvalue weighted by molar-refractivity contribution is 5.94. The molecule has 0 N–H and O–H groups in total. The Morgan fingerprint density at radius 2 is 1.52 bits per heavy atom. The monoisotopic (exact) mass is 454 g/mol. The lowest BCUT2D eigenvalue weighted by Gasteiger charge is -2.22. The van der Waals surface area contributed by atoms with Crippen LogP contribution in [0.25, 0.3) is 0 Å². The van der Waals surface area contributed by atoms with Gasteiger partial charge < -0.3 is 24.0 Å². The van der Waals surface area contributed by atoms with Crippen LogP contribution in [0.1, 0.15) is 34.8 Å². The van der Waals surface area contributed by atoms with Crippen LogP contribution in [0.5, 0.6) is 11.5 Å². The summed E-state index contributed by atoms with van der Waals surface area (Å²) in [6.07, 6.45) is -0.0964. The predicted octanol–water partition coefficient (Wildman–Crippen LogP) is 3.59. The van der Waals surface area contributed by atoms with Crippen molar-refractivity contribution >= 4 is 18.0 Å². The molecule has 1 fully saturated rings. The highest BCUT2D eigenvalue weighted by Crippen LogP contribution is 2.18. The third-order valence-electron chi connectivity index (χ3n) is 5.54. The first-order valence-electron chi connectivity index (χ1n) is 11.1. The van der Waals surface area contributed by atoms with Crippen LogP contribution in [0, 0.1) is 13.8 Å². The number of nitrogens with zero attached hydrogens (tertiary/aromatic N) is 2. The second kappa shape index (κ2) is 11.4. The average molecular weight is 455 g/mol. The molecule has 0 bridgehead atoms. The quantitative estimate of drug-likeness (QED) is 0.490. The molecule has 0 aliphatic carbocycles. The smallest absolute Gasteiger partial charge is 0.484 e. The SMILES string of the molecule is CCOC(=O)Oc1ccc(C(=O)N2CCCN(C(=O)COc3ccc(C)c(C)c3)CC2)cc1. The van der Waals surface area contributed by atoms with E-state index in [2.05, 4.69) is 0 Å². The summed E-state index contributed by atoms with van der Waals surface area (Å²) in [5, 5.41) is 0. The van der Waals surface area contributed by atoms with E-state index in [1.807, 2.05) is 32.0 Å². The van der Waals surface area contributed by atoms with Crippen molar-refractivity contribution in [3.05, 3.63) is 59.2 Å². The number of carbonyl (C=O) groups is 3. The zero-order valence-electron chi connectivity index (χ0n) is 19.3. The molecule has 3 rings (SSSR count). The number of hydrogen-bond acceptors (Lipinski definition) is 6. The number of amides is 2. The Bertz CT molecular complexity index is 989. The van der Waals surface area contributed by atoms with Crippen molar-refractivity contribution < 1.29 is 28.6 Å². The fourth-order valence-electron chi connectivity index (χ4n) is 3.50. The summed E-state index contributed by atoms with van der Waals surface area (Å²) in [7, 11) is 0. The van der Waals surface area contributed by atoms with Crippen molar-refractivity contribution in [1.29, 1.82) is 0 Å². The second-order valence-electron chi connectivity index (χ2n) is 7.87. The number of carbonyl (C=O) groups excluding carboxylic acids is 3. The van der Waals surface area contributed by atoms with Gasteiger partial charge in [0.25, 0.3) is 11.8 Å². The summed E-state index contributed by atoms with van der Waals surface area (Å²) < 4.78 is 15.4. The zero-order valence-corrected chi connectivity index (χ0v) is 19.3. The Morgan fingerprint density at radius 1 is 0.848 bits per heavy atom. The predicted molar refractivity (Wildman–Crippen MR) is 123 cm³/mol. The number of hydrogen-bond donors (Lipinski definition) is 0.